The van der Waals surface area contributed by atoms with Crippen LogP contribution in [0.2, 0.25) is 0 Å². The molecule has 12 heavy (non-hydrogen) atoms. The molecule has 0 radical (unpaired) electrons. The Hall–Kier alpha value is -1.63. The second-order valence-corrected chi connectivity index (χ2v) is 1.78. The molecule has 0 heterocycles. The number of aliphatic hydroxyl groups excluding tert-OH is 1. The summed E-state index contributed by atoms with van der Waals surface area (Å²) in [7, 11) is 0. The second-order valence-electron chi connectivity index (χ2n) is 1.78. The largest absolute Gasteiger partial charge is 0.480 e. The lowest BCUT2D eigenvalue weighted by molar-refractivity contribution is -0.135. The van der Waals surface area contributed by atoms with E-state index in [-0.39, 0.29) is 0 Å². The monoisotopic (exact) mass is 176 g/mol. The van der Waals surface area contributed by atoms with Crippen LogP contribution >= 0.6 is 0 Å². The number of aliphatic carboxylic acids is 1. The zero-order chi connectivity index (χ0) is 9.56. The van der Waals surface area contributed by atoms with Gasteiger partial charge in [0.2, 0.25) is 0 Å². The predicted octanol–water partition coefficient (Wildman–Crippen LogP) is -2.11. The maximum absolute atomic E-state index is 10.5. The fraction of sp³-hybridized carbons (Fsp3) is 0.400. The second kappa shape index (κ2) is 5.08. The van der Waals surface area contributed by atoms with Crippen LogP contribution in [0, 0.1) is 0 Å². The van der Waals surface area contributed by atoms with Crippen molar-refractivity contribution in [3.8, 4) is 0 Å². The molecule has 7 heteroatoms. The average Bonchev–Trinajstić information content (AvgIpc) is 2.00. The Morgan fingerprint density at radius 3 is 2.25 bits per heavy atom. The summed E-state index contributed by atoms with van der Waals surface area (Å²) in [6.07, 6.45) is 0. The molecular formula is C5H8N2O5. The number of carbonyl (C=O) groups is 3. The Morgan fingerprint density at radius 2 is 1.83 bits per heavy atom. The van der Waals surface area contributed by atoms with Gasteiger partial charge in [-0.05, 0) is 0 Å². The number of nitrogens with one attached hydrogen (secondary N) is 2. The van der Waals surface area contributed by atoms with Crippen LogP contribution in [-0.4, -0.2) is 41.3 Å². The molecular weight excluding hydrogens is 168 g/mol. The topological polar surface area (TPSA) is 116 Å². The van der Waals surface area contributed by atoms with Crippen LogP contribution in [0.1, 0.15) is 0 Å². The average molecular weight is 176 g/mol. The first-order valence-electron chi connectivity index (χ1n) is 2.96. The summed E-state index contributed by atoms with van der Waals surface area (Å²) in [5.41, 5.74) is 0. The third-order valence-electron chi connectivity index (χ3n) is 0.797. The van der Waals surface area contributed by atoms with E-state index >= 15 is 0 Å². The molecule has 0 fully saturated rings. The van der Waals surface area contributed by atoms with Gasteiger partial charge in [-0.15, -0.1) is 0 Å². The molecule has 3 amide bonds. The van der Waals surface area contributed by atoms with Crippen molar-refractivity contribution < 1.29 is 24.6 Å². The number of rotatable bonds is 3. The molecule has 0 aliphatic rings. The number of imide groups is 1. The van der Waals surface area contributed by atoms with Gasteiger partial charge in [0.15, 0.2) is 0 Å². The van der Waals surface area contributed by atoms with Crippen molar-refractivity contribution in [3.63, 3.8) is 0 Å². The minimum atomic E-state index is -1.22. The molecule has 0 aromatic heterocycles. The normalized spacial score (nSPS) is 8.75. The van der Waals surface area contributed by atoms with Gasteiger partial charge < -0.3 is 15.5 Å². The van der Waals surface area contributed by atoms with E-state index in [9.17, 15) is 14.4 Å². The zero-order valence-electron chi connectivity index (χ0n) is 6.03. The zero-order valence-corrected chi connectivity index (χ0v) is 6.03. The number of urea groups is 1. The van der Waals surface area contributed by atoms with E-state index in [1.165, 1.54) is 0 Å². The van der Waals surface area contributed by atoms with E-state index in [2.05, 4.69) is 0 Å². The SMILES string of the molecule is O=C(O)CNC(=O)NC(=O)CO. The molecule has 0 rings (SSSR count). The standard InChI is InChI=1S/C5H8N2O5/c8-2-3(9)7-5(12)6-1-4(10)11/h8H,1-2H2,(H,10,11)(H2,6,7,9,12). The first-order chi connectivity index (χ1) is 5.56. The van der Waals surface area contributed by atoms with Gasteiger partial charge in [-0.2, -0.15) is 0 Å². The van der Waals surface area contributed by atoms with Crippen molar-refractivity contribution in [2.75, 3.05) is 13.2 Å². The van der Waals surface area contributed by atoms with Crippen LogP contribution in [-0.2, 0) is 9.59 Å². The first-order valence-corrected chi connectivity index (χ1v) is 2.96. The van der Waals surface area contributed by atoms with Gasteiger partial charge in [0.25, 0.3) is 5.91 Å². The molecule has 0 aliphatic carbocycles. The molecule has 0 aromatic rings. The van der Waals surface area contributed by atoms with Crippen molar-refractivity contribution in [1.82, 2.24) is 10.6 Å². The van der Waals surface area contributed by atoms with E-state index in [4.69, 9.17) is 10.2 Å². The molecule has 0 bridgehead atoms. The molecule has 0 spiro atoms. The van der Waals surface area contributed by atoms with Crippen molar-refractivity contribution >= 4 is 17.9 Å². The number of hydrogen-bond acceptors (Lipinski definition) is 4. The summed E-state index contributed by atoms with van der Waals surface area (Å²) in [5, 5.41) is 19.8. The Bertz CT molecular complexity index is 202. The van der Waals surface area contributed by atoms with Crippen molar-refractivity contribution in [2.45, 2.75) is 0 Å². The Labute approximate surface area is 67.4 Å². The fourth-order valence-corrected chi connectivity index (χ4v) is 0.366. The Kier molecular flexibility index (Phi) is 4.39. The molecule has 0 atom stereocenters. The van der Waals surface area contributed by atoms with Crippen molar-refractivity contribution in [1.29, 1.82) is 0 Å². The van der Waals surface area contributed by atoms with Crippen LogP contribution in [0.3, 0.4) is 0 Å². The van der Waals surface area contributed by atoms with Crippen LogP contribution in [0.25, 0.3) is 0 Å². The molecule has 68 valence electrons. The highest BCUT2D eigenvalue weighted by Crippen LogP contribution is 1.67. The van der Waals surface area contributed by atoms with E-state index in [0.29, 0.717) is 0 Å². The number of hydrogen-bond donors (Lipinski definition) is 4. The van der Waals surface area contributed by atoms with Gasteiger partial charge in [0.1, 0.15) is 13.2 Å². The van der Waals surface area contributed by atoms with Crippen LogP contribution in [0.4, 0.5) is 4.79 Å². The molecule has 0 saturated heterocycles. The van der Waals surface area contributed by atoms with Gasteiger partial charge in [-0.25, -0.2) is 4.79 Å². The number of carboxylic acid groups (broad SMARTS) is 1. The maximum atomic E-state index is 10.5. The van der Waals surface area contributed by atoms with E-state index in [1.807, 2.05) is 5.32 Å². The van der Waals surface area contributed by atoms with Crippen molar-refractivity contribution in [2.24, 2.45) is 0 Å². The molecule has 0 saturated carbocycles. The molecule has 0 aliphatic heterocycles. The van der Waals surface area contributed by atoms with Crippen molar-refractivity contribution in [3.05, 3.63) is 0 Å². The summed E-state index contributed by atoms with van der Waals surface area (Å²) in [6.45, 7) is -1.40. The van der Waals surface area contributed by atoms with E-state index < -0.39 is 31.1 Å². The van der Waals surface area contributed by atoms with E-state index in [0.717, 1.165) is 0 Å². The van der Waals surface area contributed by atoms with Crippen LogP contribution < -0.4 is 10.6 Å². The summed E-state index contributed by atoms with van der Waals surface area (Å²) >= 11 is 0. The smallest absolute Gasteiger partial charge is 0.323 e. The highest BCUT2D eigenvalue weighted by molar-refractivity contribution is 5.95. The van der Waals surface area contributed by atoms with Gasteiger partial charge in [0.05, 0.1) is 0 Å². The minimum absolute atomic E-state index is 0.579. The Morgan fingerprint density at radius 1 is 1.25 bits per heavy atom. The highest BCUT2D eigenvalue weighted by Gasteiger charge is 2.06. The van der Waals surface area contributed by atoms with Crippen LogP contribution in [0.5, 0.6) is 0 Å². The summed E-state index contributed by atoms with van der Waals surface area (Å²) < 4.78 is 0. The van der Waals surface area contributed by atoms with Gasteiger partial charge in [0, 0.05) is 0 Å². The number of amides is 3. The number of carbonyl (C=O) groups excluding carboxylic acids is 2. The highest BCUT2D eigenvalue weighted by atomic mass is 16.4. The lowest BCUT2D eigenvalue weighted by Crippen LogP contribution is -2.42. The molecule has 0 unspecified atom stereocenters. The lowest BCUT2D eigenvalue weighted by Gasteiger charge is -2.01. The van der Waals surface area contributed by atoms with Gasteiger partial charge in [-0.3, -0.25) is 14.9 Å². The van der Waals surface area contributed by atoms with E-state index in [1.54, 1.807) is 5.32 Å². The van der Waals surface area contributed by atoms with Gasteiger partial charge >= 0.3 is 12.0 Å². The number of carboxylic acids is 1. The summed E-state index contributed by atoms with van der Waals surface area (Å²) in [5.74, 6) is -2.11. The fourth-order valence-electron chi connectivity index (χ4n) is 0.366. The number of aliphatic hydroxyl groups is 1. The first kappa shape index (κ1) is 10.4. The molecule has 0 aromatic carbocycles. The third kappa shape index (κ3) is 5.18. The minimum Gasteiger partial charge on any atom is -0.480 e. The summed E-state index contributed by atoms with van der Waals surface area (Å²) in [4.78, 5) is 30.7. The third-order valence-corrected chi connectivity index (χ3v) is 0.797. The quantitative estimate of drug-likeness (QED) is 0.392. The van der Waals surface area contributed by atoms with Crippen LogP contribution in [0.15, 0.2) is 0 Å². The Balaban J connectivity index is 3.60. The lowest BCUT2D eigenvalue weighted by atomic mass is 10.6. The van der Waals surface area contributed by atoms with Gasteiger partial charge in [-0.1, -0.05) is 0 Å². The molecule has 7 nitrogen and oxygen atoms in total. The summed E-state index contributed by atoms with van der Waals surface area (Å²) in [6, 6.07) is -0.948. The predicted molar refractivity (Wildman–Crippen MR) is 36.3 cm³/mol. The molecule has 4 N–H and O–H groups in total. The maximum Gasteiger partial charge on any atom is 0.323 e.